The Morgan fingerprint density at radius 1 is 0.978 bits per heavy atom. The smallest absolute Gasteiger partial charge is 0.338 e. The van der Waals surface area contributed by atoms with Crippen molar-refractivity contribution in [2.24, 2.45) is 4.99 Å². The van der Waals surface area contributed by atoms with Crippen LogP contribution in [0.15, 0.2) is 76.0 Å². The van der Waals surface area contributed by atoms with Gasteiger partial charge in [-0.1, -0.05) is 47.7 Å². The maximum Gasteiger partial charge on any atom is 0.338 e. The van der Waals surface area contributed by atoms with Gasteiger partial charge in [0.2, 0.25) is 0 Å². The van der Waals surface area contributed by atoms with Gasteiger partial charge in [0.15, 0.2) is 27.8 Å². The molecule has 0 unspecified atom stereocenters. The van der Waals surface area contributed by atoms with E-state index >= 15 is 0 Å². The summed E-state index contributed by atoms with van der Waals surface area (Å²) in [5.74, 6) is 0.510. The maximum atomic E-state index is 14.2. The molecule has 0 amide bonds. The summed E-state index contributed by atoms with van der Waals surface area (Å²) >= 11 is 3.24. The molecule has 1 aliphatic heterocycles. The van der Waals surface area contributed by atoms with Crippen LogP contribution in [-0.4, -0.2) is 44.4 Å². The van der Waals surface area contributed by atoms with Crippen LogP contribution < -0.4 is 33.8 Å². The second-order valence-electron chi connectivity index (χ2n) is 9.67. The first-order chi connectivity index (χ1) is 21.7. The van der Waals surface area contributed by atoms with Gasteiger partial charge in [0.1, 0.15) is 0 Å². The fraction of sp³-hybridized carbons (Fsp3) is 0.212. The molecule has 232 valence electrons. The minimum atomic E-state index is -0.890. The predicted octanol–water partition coefficient (Wildman–Crippen LogP) is 4.49. The van der Waals surface area contributed by atoms with Crippen LogP contribution in [0.5, 0.6) is 23.0 Å². The van der Waals surface area contributed by atoms with Crippen LogP contribution in [0.2, 0.25) is 0 Å². The van der Waals surface area contributed by atoms with Crippen molar-refractivity contribution in [3.05, 3.63) is 106 Å². The molecule has 0 N–H and O–H groups in total. The highest BCUT2D eigenvalue weighted by Crippen LogP contribution is 2.39. The van der Waals surface area contributed by atoms with Crippen LogP contribution in [0, 0.1) is 3.57 Å². The molecule has 45 heavy (non-hydrogen) atoms. The standard InChI is InChI=1S/C33H29IN2O8S/c1-6-43-32(39)27-28(20-10-8-7-9-11-20)35-33-36(29(27)21-12-13-23(40-3)24(17-21)41-4)31(38)26(45-33)16-19-14-22(34)30(44-18(2)37)25(15-19)42-5/h7-17,29H,6H2,1-5H3/b26-16-/t29-/m0/s1. The normalized spacial score (nSPS) is 14.4. The highest BCUT2D eigenvalue weighted by molar-refractivity contribution is 14.1. The molecule has 0 spiro atoms. The van der Waals surface area contributed by atoms with Gasteiger partial charge in [0, 0.05) is 12.5 Å². The Bertz CT molecular complexity index is 2000. The highest BCUT2D eigenvalue weighted by Gasteiger charge is 2.35. The Hall–Kier alpha value is -4.43. The van der Waals surface area contributed by atoms with Gasteiger partial charge >= 0.3 is 11.9 Å². The largest absolute Gasteiger partial charge is 0.493 e. The van der Waals surface area contributed by atoms with E-state index in [-0.39, 0.29) is 17.7 Å². The van der Waals surface area contributed by atoms with Crippen molar-refractivity contribution in [2.75, 3.05) is 27.9 Å². The topological polar surface area (TPSA) is 115 Å². The average molecular weight is 741 g/mol. The molecule has 10 nitrogen and oxygen atoms in total. The zero-order chi connectivity index (χ0) is 32.2. The molecule has 1 atom stereocenters. The van der Waals surface area contributed by atoms with E-state index in [9.17, 15) is 14.4 Å². The number of esters is 2. The zero-order valence-corrected chi connectivity index (χ0v) is 28.1. The molecule has 5 rings (SSSR count). The monoisotopic (exact) mass is 740 g/mol. The maximum absolute atomic E-state index is 14.2. The van der Waals surface area contributed by atoms with Gasteiger partial charge < -0.3 is 23.7 Å². The van der Waals surface area contributed by atoms with E-state index in [1.807, 2.05) is 30.3 Å². The summed E-state index contributed by atoms with van der Waals surface area (Å²) in [6.07, 6.45) is 1.72. The average Bonchev–Trinajstić information content (AvgIpc) is 3.35. The first-order valence-corrected chi connectivity index (χ1v) is 15.7. The van der Waals surface area contributed by atoms with Gasteiger partial charge in [0.25, 0.3) is 5.56 Å². The van der Waals surface area contributed by atoms with E-state index < -0.39 is 18.0 Å². The van der Waals surface area contributed by atoms with Gasteiger partial charge in [-0.25, -0.2) is 9.79 Å². The van der Waals surface area contributed by atoms with Gasteiger partial charge in [-0.2, -0.15) is 0 Å². The lowest BCUT2D eigenvalue weighted by molar-refractivity contribution is -0.139. The lowest BCUT2D eigenvalue weighted by Crippen LogP contribution is -2.40. The summed E-state index contributed by atoms with van der Waals surface area (Å²) in [7, 11) is 4.53. The van der Waals surface area contributed by atoms with Crippen molar-refractivity contribution in [3.8, 4) is 23.0 Å². The number of carbonyl (C=O) groups is 2. The number of fused-ring (bicyclic) bond motifs is 1. The van der Waals surface area contributed by atoms with Crippen molar-refractivity contribution in [1.29, 1.82) is 0 Å². The van der Waals surface area contributed by atoms with Crippen LogP contribution in [0.4, 0.5) is 0 Å². The third-order valence-electron chi connectivity index (χ3n) is 6.89. The first kappa shape index (κ1) is 32.0. The van der Waals surface area contributed by atoms with E-state index in [0.717, 1.165) is 0 Å². The Labute approximate surface area is 276 Å². The summed E-state index contributed by atoms with van der Waals surface area (Å²) in [6.45, 7) is 3.17. The van der Waals surface area contributed by atoms with E-state index in [1.165, 1.54) is 44.2 Å². The van der Waals surface area contributed by atoms with Gasteiger partial charge in [-0.15, -0.1) is 0 Å². The molecular weight excluding hydrogens is 711 g/mol. The van der Waals surface area contributed by atoms with Crippen LogP contribution in [-0.2, 0) is 14.3 Å². The minimum absolute atomic E-state index is 0.136. The van der Waals surface area contributed by atoms with Gasteiger partial charge in [0.05, 0.1) is 53.4 Å². The number of hydrogen-bond acceptors (Lipinski definition) is 10. The third-order valence-corrected chi connectivity index (χ3v) is 8.68. The number of halogens is 1. The van der Waals surface area contributed by atoms with Crippen molar-refractivity contribution in [3.63, 3.8) is 0 Å². The Kier molecular flexibility index (Phi) is 9.73. The molecule has 12 heteroatoms. The van der Waals surface area contributed by atoms with Crippen LogP contribution >= 0.6 is 33.9 Å². The van der Waals surface area contributed by atoms with Crippen LogP contribution in [0.3, 0.4) is 0 Å². The summed E-state index contributed by atoms with van der Waals surface area (Å²) in [4.78, 5) is 44.9. The molecule has 0 radical (unpaired) electrons. The second-order valence-corrected chi connectivity index (χ2v) is 11.8. The molecule has 0 fully saturated rings. The second kappa shape index (κ2) is 13.7. The molecule has 2 heterocycles. The fourth-order valence-electron chi connectivity index (χ4n) is 5.00. The zero-order valence-electron chi connectivity index (χ0n) is 25.1. The lowest BCUT2D eigenvalue weighted by Gasteiger charge is -2.26. The lowest BCUT2D eigenvalue weighted by atomic mass is 9.93. The SMILES string of the molecule is CCOC(=O)C1=C(c2ccccc2)N=c2s/c(=C\c3cc(I)c(OC(C)=O)c(OC)c3)c(=O)n2[C@H]1c1ccc(OC)c(OC)c1. The molecule has 0 saturated heterocycles. The Morgan fingerprint density at radius 3 is 2.33 bits per heavy atom. The summed E-state index contributed by atoms with van der Waals surface area (Å²) in [5.41, 5.74) is 2.22. The van der Waals surface area contributed by atoms with Crippen molar-refractivity contribution >= 4 is 57.6 Å². The van der Waals surface area contributed by atoms with Crippen molar-refractivity contribution < 1.29 is 33.3 Å². The molecule has 0 aliphatic carbocycles. The highest BCUT2D eigenvalue weighted by atomic mass is 127. The number of thiazole rings is 1. The van der Waals surface area contributed by atoms with E-state index in [0.29, 0.717) is 58.3 Å². The Balaban J connectivity index is 1.81. The minimum Gasteiger partial charge on any atom is -0.493 e. The van der Waals surface area contributed by atoms with Crippen molar-refractivity contribution in [2.45, 2.75) is 19.9 Å². The van der Waals surface area contributed by atoms with E-state index in [2.05, 4.69) is 22.6 Å². The van der Waals surface area contributed by atoms with Crippen LogP contribution in [0.1, 0.15) is 36.6 Å². The number of rotatable bonds is 9. The molecule has 1 aliphatic rings. The number of carbonyl (C=O) groups excluding carboxylic acids is 2. The van der Waals surface area contributed by atoms with Gasteiger partial charge in [-0.05, 0) is 71.0 Å². The Morgan fingerprint density at radius 2 is 1.69 bits per heavy atom. The molecule has 1 aromatic heterocycles. The van der Waals surface area contributed by atoms with Gasteiger partial charge in [-0.3, -0.25) is 14.2 Å². The molecule has 3 aromatic carbocycles. The number of methoxy groups -OCH3 is 3. The number of hydrogen-bond donors (Lipinski definition) is 0. The number of benzene rings is 3. The molecule has 0 saturated carbocycles. The summed E-state index contributed by atoms with van der Waals surface area (Å²) in [6, 6.07) is 17.1. The quantitative estimate of drug-likeness (QED) is 0.140. The summed E-state index contributed by atoms with van der Waals surface area (Å²) in [5, 5.41) is 0. The molecule has 0 bridgehead atoms. The van der Waals surface area contributed by atoms with E-state index in [4.69, 9.17) is 28.7 Å². The van der Waals surface area contributed by atoms with E-state index in [1.54, 1.807) is 43.3 Å². The molecular formula is C33H29IN2O8S. The predicted molar refractivity (Wildman–Crippen MR) is 178 cm³/mol. The van der Waals surface area contributed by atoms with Crippen LogP contribution in [0.25, 0.3) is 11.8 Å². The number of nitrogens with zero attached hydrogens (tertiary/aromatic N) is 2. The van der Waals surface area contributed by atoms with Crippen molar-refractivity contribution in [1.82, 2.24) is 4.57 Å². The third kappa shape index (κ3) is 6.38. The first-order valence-electron chi connectivity index (χ1n) is 13.8. The summed E-state index contributed by atoms with van der Waals surface area (Å²) < 4.78 is 29.9. The number of aromatic nitrogens is 1. The fourth-order valence-corrected chi connectivity index (χ4v) is 6.73. The molecule has 4 aromatic rings. The number of ether oxygens (including phenoxy) is 5.